The van der Waals surface area contributed by atoms with E-state index in [1.807, 2.05) is 0 Å². The monoisotopic (exact) mass is 140 g/mol. The molecule has 3 heteroatoms. The van der Waals surface area contributed by atoms with Crippen molar-refractivity contribution in [2.45, 2.75) is 18.9 Å². The third-order valence-electron chi connectivity index (χ3n) is 1.57. The fourth-order valence-corrected chi connectivity index (χ4v) is 1.03. The van der Waals surface area contributed by atoms with Gasteiger partial charge in [-0.25, -0.2) is 0 Å². The van der Waals surface area contributed by atoms with Crippen molar-refractivity contribution in [3.63, 3.8) is 0 Å². The van der Waals surface area contributed by atoms with Crippen molar-refractivity contribution < 1.29 is 4.79 Å². The topological polar surface area (TPSA) is 55.1 Å². The van der Waals surface area contributed by atoms with Crippen molar-refractivity contribution in [3.8, 4) is 0 Å². The van der Waals surface area contributed by atoms with Gasteiger partial charge in [-0.2, -0.15) is 0 Å². The number of hydrogen-bond acceptors (Lipinski definition) is 2. The second kappa shape index (κ2) is 3.37. The van der Waals surface area contributed by atoms with Crippen LogP contribution in [0, 0.1) is 0 Å². The molecular formula is C7H12N2O. The van der Waals surface area contributed by atoms with Gasteiger partial charge in [-0.1, -0.05) is 12.2 Å². The van der Waals surface area contributed by atoms with Crippen molar-refractivity contribution in [3.05, 3.63) is 12.2 Å². The molecule has 3 nitrogen and oxygen atoms in total. The standard InChI is InChI=1S/C7H12N2O/c8-7(10)5-9-6-3-1-2-4-6/h1-2,6,9H,3-5H2,(H2,8,10). The Bertz CT molecular complexity index is 146. The largest absolute Gasteiger partial charge is 0.369 e. The van der Waals surface area contributed by atoms with Gasteiger partial charge in [-0.3, -0.25) is 4.79 Å². The lowest BCUT2D eigenvalue weighted by atomic mass is 10.2. The number of carbonyl (C=O) groups is 1. The SMILES string of the molecule is NC(=O)CNC1CC=CC1. The summed E-state index contributed by atoms with van der Waals surface area (Å²) in [7, 11) is 0. The van der Waals surface area contributed by atoms with Crippen LogP contribution in [0.5, 0.6) is 0 Å². The molecule has 0 radical (unpaired) electrons. The van der Waals surface area contributed by atoms with Crippen LogP contribution in [0.3, 0.4) is 0 Å². The number of rotatable bonds is 3. The molecule has 3 N–H and O–H groups in total. The van der Waals surface area contributed by atoms with E-state index in [0.29, 0.717) is 12.6 Å². The summed E-state index contributed by atoms with van der Waals surface area (Å²) in [4.78, 5) is 10.3. The van der Waals surface area contributed by atoms with E-state index in [4.69, 9.17) is 5.73 Å². The predicted octanol–water partition coefficient (Wildman–Crippen LogP) is -0.220. The van der Waals surface area contributed by atoms with E-state index < -0.39 is 0 Å². The molecule has 10 heavy (non-hydrogen) atoms. The zero-order valence-corrected chi connectivity index (χ0v) is 5.84. The Kier molecular flexibility index (Phi) is 2.45. The van der Waals surface area contributed by atoms with Crippen molar-refractivity contribution in [2.75, 3.05) is 6.54 Å². The molecule has 0 aromatic carbocycles. The summed E-state index contributed by atoms with van der Waals surface area (Å²) in [5, 5.41) is 3.04. The minimum Gasteiger partial charge on any atom is -0.369 e. The molecule has 0 atom stereocenters. The van der Waals surface area contributed by atoms with Gasteiger partial charge in [0.1, 0.15) is 0 Å². The summed E-state index contributed by atoms with van der Waals surface area (Å²) >= 11 is 0. The summed E-state index contributed by atoms with van der Waals surface area (Å²) in [6.45, 7) is 0.298. The average Bonchev–Trinajstić information content (AvgIpc) is 2.34. The van der Waals surface area contributed by atoms with Gasteiger partial charge in [0.2, 0.25) is 5.91 Å². The maximum atomic E-state index is 10.3. The van der Waals surface area contributed by atoms with E-state index in [0.717, 1.165) is 12.8 Å². The molecule has 0 bridgehead atoms. The molecule has 0 saturated heterocycles. The molecule has 0 aliphatic heterocycles. The highest BCUT2D eigenvalue weighted by Gasteiger charge is 2.08. The molecule has 56 valence electrons. The molecule has 1 aliphatic rings. The van der Waals surface area contributed by atoms with Crippen LogP contribution in [0.1, 0.15) is 12.8 Å². The first-order valence-corrected chi connectivity index (χ1v) is 3.45. The van der Waals surface area contributed by atoms with Crippen LogP contribution in [0.15, 0.2) is 12.2 Å². The third kappa shape index (κ3) is 2.19. The Labute approximate surface area is 60.3 Å². The third-order valence-corrected chi connectivity index (χ3v) is 1.57. The predicted molar refractivity (Wildman–Crippen MR) is 39.4 cm³/mol. The number of amides is 1. The zero-order chi connectivity index (χ0) is 7.40. The lowest BCUT2D eigenvalue weighted by Crippen LogP contribution is -2.34. The minimum absolute atomic E-state index is 0.285. The molecule has 1 amide bonds. The van der Waals surface area contributed by atoms with Crippen molar-refractivity contribution in [1.82, 2.24) is 5.32 Å². The lowest BCUT2D eigenvalue weighted by molar-refractivity contribution is -0.117. The van der Waals surface area contributed by atoms with Gasteiger partial charge in [0.05, 0.1) is 6.54 Å². The first-order chi connectivity index (χ1) is 4.79. The van der Waals surface area contributed by atoms with Gasteiger partial charge in [0, 0.05) is 6.04 Å². The van der Waals surface area contributed by atoms with Crippen LogP contribution >= 0.6 is 0 Å². The van der Waals surface area contributed by atoms with Crippen LogP contribution in [0.4, 0.5) is 0 Å². The van der Waals surface area contributed by atoms with Crippen LogP contribution in [-0.4, -0.2) is 18.5 Å². The average molecular weight is 140 g/mol. The molecule has 0 fully saturated rings. The van der Waals surface area contributed by atoms with Gasteiger partial charge in [0.15, 0.2) is 0 Å². The zero-order valence-electron chi connectivity index (χ0n) is 5.84. The summed E-state index contributed by atoms with van der Waals surface area (Å²) < 4.78 is 0. The van der Waals surface area contributed by atoms with Gasteiger partial charge >= 0.3 is 0 Å². The van der Waals surface area contributed by atoms with E-state index >= 15 is 0 Å². The Morgan fingerprint density at radius 3 is 2.70 bits per heavy atom. The highest BCUT2D eigenvalue weighted by Crippen LogP contribution is 2.07. The van der Waals surface area contributed by atoms with E-state index in [1.54, 1.807) is 0 Å². The fraction of sp³-hybridized carbons (Fsp3) is 0.571. The number of hydrogen-bond donors (Lipinski definition) is 2. The fourth-order valence-electron chi connectivity index (χ4n) is 1.03. The Morgan fingerprint density at radius 2 is 2.20 bits per heavy atom. The van der Waals surface area contributed by atoms with Crippen LogP contribution in [-0.2, 0) is 4.79 Å². The first kappa shape index (κ1) is 7.28. The van der Waals surface area contributed by atoms with Crippen LogP contribution in [0.2, 0.25) is 0 Å². The normalized spacial score (nSPS) is 18.0. The lowest BCUT2D eigenvalue weighted by Gasteiger charge is -2.08. The highest BCUT2D eigenvalue weighted by molar-refractivity contribution is 5.75. The molecule has 0 aromatic heterocycles. The Morgan fingerprint density at radius 1 is 1.60 bits per heavy atom. The molecular weight excluding hydrogens is 128 g/mol. The number of primary amides is 1. The van der Waals surface area contributed by atoms with Crippen molar-refractivity contribution in [2.24, 2.45) is 5.73 Å². The second-order valence-electron chi connectivity index (χ2n) is 2.49. The summed E-state index contributed by atoms with van der Waals surface area (Å²) in [6, 6.07) is 0.437. The van der Waals surface area contributed by atoms with E-state index in [9.17, 15) is 4.79 Å². The second-order valence-corrected chi connectivity index (χ2v) is 2.49. The highest BCUT2D eigenvalue weighted by atomic mass is 16.1. The molecule has 0 aromatic rings. The van der Waals surface area contributed by atoms with E-state index in [2.05, 4.69) is 17.5 Å². The molecule has 0 spiro atoms. The Hall–Kier alpha value is -0.830. The molecule has 1 rings (SSSR count). The van der Waals surface area contributed by atoms with Gasteiger partial charge in [-0.05, 0) is 12.8 Å². The number of nitrogens with two attached hydrogens (primary N) is 1. The minimum atomic E-state index is -0.285. The van der Waals surface area contributed by atoms with Gasteiger partial charge < -0.3 is 11.1 Å². The number of carbonyl (C=O) groups excluding carboxylic acids is 1. The van der Waals surface area contributed by atoms with Gasteiger partial charge in [0.25, 0.3) is 0 Å². The summed E-state index contributed by atoms with van der Waals surface area (Å²) in [5.74, 6) is -0.285. The Balaban J connectivity index is 2.09. The maximum absolute atomic E-state index is 10.3. The van der Waals surface area contributed by atoms with Crippen LogP contribution in [0.25, 0.3) is 0 Å². The molecule has 1 aliphatic carbocycles. The van der Waals surface area contributed by atoms with Crippen molar-refractivity contribution in [1.29, 1.82) is 0 Å². The summed E-state index contributed by atoms with van der Waals surface area (Å²) in [6.07, 6.45) is 6.26. The molecule has 0 heterocycles. The smallest absolute Gasteiger partial charge is 0.231 e. The van der Waals surface area contributed by atoms with Gasteiger partial charge in [-0.15, -0.1) is 0 Å². The molecule has 0 unspecified atom stereocenters. The number of nitrogens with one attached hydrogen (secondary N) is 1. The quantitative estimate of drug-likeness (QED) is 0.532. The van der Waals surface area contributed by atoms with Crippen LogP contribution < -0.4 is 11.1 Å². The summed E-state index contributed by atoms with van der Waals surface area (Å²) in [5.41, 5.74) is 4.95. The molecule has 0 saturated carbocycles. The van der Waals surface area contributed by atoms with E-state index in [1.165, 1.54) is 0 Å². The maximum Gasteiger partial charge on any atom is 0.231 e. The first-order valence-electron chi connectivity index (χ1n) is 3.45. The van der Waals surface area contributed by atoms with Crippen molar-refractivity contribution >= 4 is 5.91 Å². The van der Waals surface area contributed by atoms with E-state index in [-0.39, 0.29) is 5.91 Å².